The van der Waals surface area contributed by atoms with Crippen LogP contribution >= 0.6 is 0 Å². The monoisotopic (exact) mass is 227 g/mol. The molecule has 3 N–H and O–H groups in total. The third-order valence-corrected chi connectivity index (χ3v) is 3.99. The van der Waals surface area contributed by atoms with Crippen LogP contribution in [-0.2, 0) is 4.79 Å². The highest BCUT2D eigenvalue weighted by Gasteiger charge is 2.31. The van der Waals surface area contributed by atoms with Gasteiger partial charge in [-0.2, -0.15) is 0 Å². The smallest absolute Gasteiger partial charge is 0.323 e. The van der Waals surface area contributed by atoms with Crippen molar-refractivity contribution in [1.29, 1.82) is 0 Å². The SMILES string of the molecule is CC[C@@H](CCC1CCC1)C[C@@](C)(N)C(=O)O. The molecule has 0 aromatic carbocycles. The second-order valence-electron chi connectivity index (χ2n) is 5.58. The van der Waals surface area contributed by atoms with E-state index in [2.05, 4.69) is 6.92 Å². The Morgan fingerprint density at radius 2 is 2.19 bits per heavy atom. The summed E-state index contributed by atoms with van der Waals surface area (Å²) in [5.74, 6) is 0.490. The van der Waals surface area contributed by atoms with Gasteiger partial charge in [-0.1, -0.05) is 45.4 Å². The number of hydrogen-bond donors (Lipinski definition) is 2. The molecule has 3 heteroatoms. The molecule has 0 saturated heterocycles. The summed E-state index contributed by atoms with van der Waals surface area (Å²) in [5, 5.41) is 9.00. The molecule has 0 aromatic heterocycles. The highest BCUT2D eigenvalue weighted by Crippen LogP contribution is 2.33. The summed E-state index contributed by atoms with van der Waals surface area (Å²) in [6, 6.07) is 0. The number of carboxylic acids is 1. The van der Waals surface area contributed by atoms with Gasteiger partial charge in [0.05, 0.1) is 0 Å². The zero-order valence-corrected chi connectivity index (χ0v) is 10.5. The summed E-state index contributed by atoms with van der Waals surface area (Å²) in [5.41, 5.74) is 4.73. The van der Waals surface area contributed by atoms with Crippen molar-refractivity contribution in [2.24, 2.45) is 17.6 Å². The van der Waals surface area contributed by atoms with Crippen molar-refractivity contribution < 1.29 is 9.90 Å². The van der Waals surface area contributed by atoms with Crippen molar-refractivity contribution in [3.8, 4) is 0 Å². The van der Waals surface area contributed by atoms with E-state index < -0.39 is 11.5 Å². The standard InChI is InChI=1S/C13H25NO2/c1-3-10(7-8-11-5-4-6-11)9-13(2,14)12(15)16/h10-11H,3-9,14H2,1-2H3,(H,15,16)/t10-,13+/m0/s1. The van der Waals surface area contributed by atoms with Crippen LogP contribution in [0.5, 0.6) is 0 Å². The van der Waals surface area contributed by atoms with Gasteiger partial charge in [-0.3, -0.25) is 4.79 Å². The Morgan fingerprint density at radius 3 is 2.56 bits per heavy atom. The lowest BCUT2D eigenvalue weighted by Gasteiger charge is -2.29. The molecule has 0 amide bonds. The third-order valence-electron chi connectivity index (χ3n) is 3.99. The predicted octanol–water partition coefficient (Wildman–Crippen LogP) is 2.79. The zero-order chi connectivity index (χ0) is 12.2. The minimum absolute atomic E-state index is 0.465. The molecule has 1 rings (SSSR count). The van der Waals surface area contributed by atoms with E-state index in [4.69, 9.17) is 10.8 Å². The van der Waals surface area contributed by atoms with Crippen LogP contribution in [0.3, 0.4) is 0 Å². The normalized spacial score (nSPS) is 22.2. The van der Waals surface area contributed by atoms with Crippen molar-refractivity contribution in [1.82, 2.24) is 0 Å². The predicted molar refractivity (Wildman–Crippen MR) is 65.2 cm³/mol. The van der Waals surface area contributed by atoms with Crippen molar-refractivity contribution in [3.63, 3.8) is 0 Å². The molecule has 1 aliphatic rings. The summed E-state index contributed by atoms with van der Waals surface area (Å²) in [4.78, 5) is 11.0. The fourth-order valence-electron chi connectivity index (χ4n) is 2.39. The highest BCUT2D eigenvalue weighted by atomic mass is 16.4. The van der Waals surface area contributed by atoms with Gasteiger partial charge in [0.1, 0.15) is 5.54 Å². The van der Waals surface area contributed by atoms with E-state index in [1.54, 1.807) is 6.92 Å². The Kier molecular flexibility index (Phi) is 4.78. The molecule has 1 aliphatic carbocycles. The number of rotatable bonds is 7. The first-order valence-corrected chi connectivity index (χ1v) is 6.48. The van der Waals surface area contributed by atoms with Gasteiger partial charge >= 0.3 is 5.97 Å². The summed E-state index contributed by atoms with van der Waals surface area (Å²) in [6.07, 6.45) is 8.16. The van der Waals surface area contributed by atoms with Crippen LogP contribution in [0.4, 0.5) is 0 Å². The fourth-order valence-corrected chi connectivity index (χ4v) is 2.39. The van der Waals surface area contributed by atoms with Crippen LogP contribution < -0.4 is 5.73 Å². The van der Waals surface area contributed by atoms with E-state index in [1.807, 2.05) is 0 Å². The minimum Gasteiger partial charge on any atom is -0.480 e. The van der Waals surface area contributed by atoms with Gasteiger partial charge in [0.15, 0.2) is 0 Å². The van der Waals surface area contributed by atoms with E-state index in [0.717, 1.165) is 18.8 Å². The summed E-state index contributed by atoms with van der Waals surface area (Å²) in [6.45, 7) is 3.75. The van der Waals surface area contributed by atoms with Gasteiger partial charge in [-0.05, 0) is 25.2 Å². The Bertz CT molecular complexity index is 234. The molecule has 0 unspecified atom stereocenters. The van der Waals surface area contributed by atoms with Gasteiger partial charge in [-0.15, -0.1) is 0 Å². The maximum absolute atomic E-state index is 11.0. The quantitative estimate of drug-likeness (QED) is 0.703. The van der Waals surface area contributed by atoms with Crippen LogP contribution in [-0.4, -0.2) is 16.6 Å². The van der Waals surface area contributed by atoms with Crippen molar-refractivity contribution in [3.05, 3.63) is 0 Å². The Balaban J connectivity index is 2.32. The molecule has 2 atom stereocenters. The van der Waals surface area contributed by atoms with Crippen molar-refractivity contribution >= 4 is 5.97 Å². The van der Waals surface area contributed by atoms with Gasteiger partial charge in [0.25, 0.3) is 0 Å². The van der Waals surface area contributed by atoms with Crippen LogP contribution in [0.25, 0.3) is 0 Å². The fraction of sp³-hybridized carbons (Fsp3) is 0.923. The van der Waals surface area contributed by atoms with E-state index in [-0.39, 0.29) is 0 Å². The number of carboxylic acid groups (broad SMARTS) is 1. The molecule has 0 aliphatic heterocycles. The lowest BCUT2D eigenvalue weighted by molar-refractivity contribution is -0.143. The first-order valence-electron chi connectivity index (χ1n) is 6.48. The topological polar surface area (TPSA) is 63.3 Å². The maximum Gasteiger partial charge on any atom is 0.323 e. The highest BCUT2D eigenvalue weighted by molar-refractivity contribution is 5.77. The van der Waals surface area contributed by atoms with Crippen molar-refractivity contribution in [2.45, 2.75) is 64.3 Å². The average molecular weight is 227 g/mol. The average Bonchev–Trinajstić information content (AvgIpc) is 2.13. The first kappa shape index (κ1) is 13.5. The molecular formula is C13H25NO2. The molecule has 1 saturated carbocycles. The van der Waals surface area contributed by atoms with Crippen molar-refractivity contribution in [2.75, 3.05) is 0 Å². The molecule has 0 spiro atoms. The van der Waals surface area contributed by atoms with Gasteiger partial charge < -0.3 is 10.8 Å². The number of nitrogens with two attached hydrogens (primary N) is 1. The van der Waals surface area contributed by atoms with Gasteiger partial charge in [-0.25, -0.2) is 0 Å². The molecule has 94 valence electrons. The molecule has 0 radical (unpaired) electrons. The lowest BCUT2D eigenvalue weighted by Crippen LogP contribution is -2.46. The van der Waals surface area contributed by atoms with Gasteiger partial charge in [0.2, 0.25) is 0 Å². The summed E-state index contributed by atoms with van der Waals surface area (Å²) in [7, 11) is 0. The van der Waals surface area contributed by atoms with E-state index in [9.17, 15) is 4.79 Å². The Morgan fingerprint density at radius 1 is 1.56 bits per heavy atom. The van der Waals surface area contributed by atoms with E-state index >= 15 is 0 Å². The van der Waals surface area contributed by atoms with Crippen LogP contribution in [0.2, 0.25) is 0 Å². The lowest BCUT2D eigenvalue weighted by atomic mass is 9.78. The number of aliphatic carboxylic acids is 1. The van der Waals surface area contributed by atoms with Crippen LogP contribution in [0, 0.1) is 11.8 Å². The Hall–Kier alpha value is -0.570. The van der Waals surface area contributed by atoms with E-state index in [0.29, 0.717) is 12.3 Å². The molecule has 3 nitrogen and oxygen atoms in total. The number of carbonyl (C=O) groups is 1. The number of hydrogen-bond acceptors (Lipinski definition) is 2. The zero-order valence-electron chi connectivity index (χ0n) is 10.5. The molecule has 0 heterocycles. The first-order chi connectivity index (χ1) is 7.45. The Labute approximate surface area is 98.4 Å². The maximum atomic E-state index is 11.0. The molecule has 0 bridgehead atoms. The molecule has 0 aromatic rings. The van der Waals surface area contributed by atoms with Crippen LogP contribution in [0.1, 0.15) is 58.8 Å². The second kappa shape index (κ2) is 5.67. The minimum atomic E-state index is -1.06. The second-order valence-corrected chi connectivity index (χ2v) is 5.58. The molecule has 1 fully saturated rings. The third kappa shape index (κ3) is 3.78. The summed E-state index contributed by atoms with van der Waals surface area (Å²) >= 11 is 0. The largest absolute Gasteiger partial charge is 0.480 e. The molecule has 16 heavy (non-hydrogen) atoms. The summed E-state index contributed by atoms with van der Waals surface area (Å²) < 4.78 is 0. The van der Waals surface area contributed by atoms with E-state index in [1.165, 1.54) is 25.7 Å². The van der Waals surface area contributed by atoms with Gasteiger partial charge in [0, 0.05) is 0 Å². The molecular weight excluding hydrogens is 202 g/mol. The van der Waals surface area contributed by atoms with Crippen LogP contribution in [0.15, 0.2) is 0 Å².